The van der Waals surface area contributed by atoms with E-state index in [2.05, 4.69) is 249 Å². The molecule has 16 rings (SSSR count). The van der Waals surface area contributed by atoms with Crippen LogP contribution in [-0.4, -0.2) is 15.0 Å². The zero-order valence-electron chi connectivity index (χ0n) is 44.0. The number of hydrogen-bond acceptors (Lipinski definition) is 3. The third-order valence-electron chi connectivity index (χ3n) is 16.5. The summed E-state index contributed by atoms with van der Waals surface area (Å²) >= 11 is 0. The van der Waals surface area contributed by atoms with Gasteiger partial charge in [0.2, 0.25) is 0 Å². The first-order valence-electron chi connectivity index (χ1n) is 27.5. The van der Waals surface area contributed by atoms with Crippen molar-refractivity contribution in [3.8, 4) is 123 Å². The molecule has 4 bridgehead atoms. The van der Waals surface area contributed by atoms with E-state index in [1.54, 1.807) is 0 Å². The van der Waals surface area contributed by atoms with Gasteiger partial charge in [-0.15, -0.1) is 107 Å². The van der Waals surface area contributed by atoms with E-state index in [0.717, 1.165) is 112 Å². The molecular weight excluding hydrogens is 1160 g/mol. The second-order valence-electron chi connectivity index (χ2n) is 21.1. The van der Waals surface area contributed by atoms with Crippen molar-refractivity contribution in [3.63, 3.8) is 0 Å². The van der Waals surface area contributed by atoms with E-state index in [0.29, 0.717) is 17.8 Å². The van der Waals surface area contributed by atoms with Gasteiger partial charge in [-0.2, -0.15) is 0 Å². The fourth-order valence-corrected chi connectivity index (χ4v) is 12.4. The second kappa shape index (κ2) is 21.3. The van der Waals surface area contributed by atoms with E-state index >= 15 is 0 Å². The van der Waals surface area contributed by atoms with Crippen molar-refractivity contribution in [1.29, 1.82) is 0 Å². The van der Waals surface area contributed by atoms with Gasteiger partial charge < -0.3 is 15.0 Å². The topological polar surface area (TPSA) is 38.7 Å². The summed E-state index contributed by atoms with van der Waals surface area (Å²) in [5.41, 5.74) is 26.0. The number of allylic oxidation sites excluding steroid dienone is 4. The molecule has 2 atom stereocenters. The number of nitrogens with zero attached hydrogens (tertiary/aromatic N) is 3. The van der Waals surface area contributed by atoms with Crippen LogP contribution in [0.5, 0.6) is 0 Å². The van der Waals surface area contributed by atoms with Crippen molar-refractivity contribution >= 4 is 0 Å². The second-order valence-corrected chi connectivity index (χ2v) is 21.1. The Balaban J connectivity index is 0.00000589. The minimum Gasteiger partial charge on any atom is -0.304 e. The molecule has 4 heteroatoms. The van der Waals surface area contributed by atoms with Crippen LogP contribution in [0.2, 0.25) is 0 Å². The summed E-state index contributed by atoms with van der Waals surface area (Å²) in [5, 5.41) is 0. The summed E-state index contributed by atoms with van der Waals surface area (Å²) in [5.74, 6) is 2.01. The predicted molar refractivity (Wildman–Crippen MR) is 327 cm³/mol. The molecule has 382 valence electrons. The summed E-state index contributed by atoms with van der Waals surface area (Å²) in [6.45, 7) is 0. The molecule has 0 aliphatic heterocycles. The molecule has 0 N–H and O–H groups in total. The van der Waals surface area contributed by atoms with Gasteiger partial charge in [-0.1, -0.05) is 182 Å². The van der Waals surface area contributed by atoms with Crippen LogP contribution in [0.25, 0.3) is 123 Å². The Kier molecular flexibility index (Phi) is 13.1. The summed E-state index contributed by atoms with van der Waals surface area (Å²) in [4.78, 5) is 15.3. The molecule has 0 amide bonds. The van der Waals surface area contributed by atoms with Crippen LogP contribution in [-0.2, 0) is 20.1 Å². The maximum Gasteiger partial charge on any atom is 3.00 e. The standard InChI is InChI=1S/C77H50N3.Ir/c1-4-16-50(17-5-1)51-28-30-52(31-29-51)72-46-76(56-34-39-70-71(45-56)53-32-37-68-69(38-33-53)77(68)70)80-49-73(72)67-27-15-14-26-66(67)61-43-59(64-24-12-10-22-62(64)57-35-40-74(78-47-57)54-18-6-2-7-19-54)42-60(44-61)65-25-13-11-23-63(65)58-36-41-75(79-48-58)55-20-8-3-9-21-55;/h1-18,20,22-33,35-49,53,68-69,77H;/q-3;+3. The maximum absolute atomic E-state index is 5.36. The largest absolute Gasteiger partial charge is 3.00 e. The van der Waals surface area contributed by atoms with Crippen LogP contribution >= 0.6 is 0 Å². The monoisotopic (exact) mass is 1210 g/mol. The van der Waals surface area contributed by atoms with Gasteiger partial charge in [-0.05, 0) is 136 Å². The minimum absolute atomic E-state index is 0. The molecule has 12 aromatic rings. The molecule has 3 nitrogen and oxygen atoms in total. The zero-order valence-corrected chi connectivity index (χ0v) is 46.4. The Morgan fingerprint density at radius 1 is 0.284 bits per heavy atom. The summed E-state index contributed by atoms with van der Waals surface area (Å²) in [7, 11) is 0. The Labute approximate surface area is 487 Å². The van der Waals surface area contributed by atoms with Crippen molar-refractivity contribution in [3.05, 3.63) is 309 Å². The molecule has 9 aromatic carbocycles. The normalized spacial score (nSPS) is 16.2. The Morgan fingerprint density at radius 2 is 0.741 bits per heavy atom. The van der Waals surface area contributed by atoms with Crippen molar-refractivity contribution in [2.45, 2.75) is 11.8 Å². The van der Waals surface area contributed by atoms with Crippen molar-refractivity contribution in [2.75, 3.05) is 0 Å². The Morgan fingerprint density at radius 3 is 1.26 bits per heavy atom. The predicted octanol–water partition coefficient (Wildman–Crippen LogP) is 19.2. The van der Waals surface area contributed by atoms with E-state index in [9.17, 15) is 0 Å². The fraction of sp³-hybridized carbons (Fsp3) is 0.0519. The van der Waals surface area contributed by atoms with Gasteiger partial charge in [0.25, 0.3) is 0 Å². The molecule has 4 aliphatic rings. The number of rotatable bonds is 11. The average Bonchev–Trinajstić information content (AvgIpc) is 3.20. The van der Waals surface area contributed by atoms with Gasteiger partial charge >= 0.3 is 20.1 Å². The quantitative estimate of drug-likeness (QED) is 0.0957. The van der Waals surface area contributed by atoms with E-state index in [1.165, 1.54) is 22.3 Å². The van der Waals surface area contributed by atoms with Gasteiger partial charge in [0.05, 0.1) is 0 Å². The Hall–Kier alpha value is -9.44. The summed E-state index contributed by atoms with van der Waals surface area (Å²) in [6.07, 6.45) is 15.8. The van der Waals surface area contributed by atoms with Crippen molar-refractivity contribution < 1.29 is 20.1 Å². The average molecular weight is 1210 g/mol. The minimum atomic E-state index is 0. The number of aromatic nitrogens is 3. The first-order chi connectivity index (χ1) is 39.6. The molecule has 3 aromatic heterocycles. The smallest absolute Gasteiger partial charge is 0.304 e. The van der Waals surface area contributed by atoms with E-state index in [4.69, 9.17) is 15.0 Å². The van der Waals surface area contributed by atoms with Gasteiger partial charge in [0.1, 0.15) is 0 Å². The number of pyridine rings is 3. The fourth-order valence-electron chi connectivity index (χ4n) is 12.4. The van der Waals surface area contributed by atoms with Gasteiger partial charge in [0, 0.05) is 30.1 Å². The summed E-state index contributed by atoms with van der Waals surface area (Å²) < 4.78 is 0. The summed E-state index contributed by atoms with van der Waals surface area (Å²) in [6, 6.07) is 94.8. The van der Waals surface area contributed by atoms with Crippen LogP contribution < -0.4 is 0 Å². The van der Waals surface area contributed by atoms with E-state index in [-0.39, 0.29) is 26.0 Å². The molecule has 1 saturated carbocycles. The van der Waals surface area contributed by atoms with Crippen molar-refractivity contribution in [2.24, 2.45) is 11.8 Å². The molecule has 0 spiro atoms. The molecule has 0 saturated heterocycles. The van der Waals surface area contributed by atoms with Gasteiger partial charge in [-0.3, -0.25) is 0 Å². The molecule has 0 radical (unpaired) electrons. The maximum atomic E-state index is 5.36. The van der Waals surface area contributed by atoms with Crippen LogP contribution in [0.15, 0.2) is 279 Å². The zero-order chi connectivity index (χ0) is 52.9. The van der Waals surface area contributed by atoms with Crippen LogP contribution in [0.1, 0.15) is 23.0 Å². The molecular formula is C77H50IrN3. The molecule has 3 heterocycles. The van der Waals surface area contributed by atoms with Gasteiger partial charge in [-0.25, -0.2) is 0 Å². The first kappa shape index (κ1) is 49.8. The first-order valence-corrected chi connectivity index (χ1v) is 27.5. The third kappa shape index (κ3) is 9.43. The van der Waals surface area contributed by atoms with Crippen molar-refractivity contribution in [1.82, 2.24) is 15.0 Å². The van der Waals surface area contributed by atoms with Gasteiger partial charge in [0.15, 0.2) is 0 Å². The van der Waals surface area contributed by atoms with E-state index < -0.39 is 0 Å². The third-order valence-corrected chi connectivity index (χ3v) is 16.5. The Bertz CT molecular complexity index is 4180. The van der Waals surface area contributed by atoms with Crippen LogP contribution in [0, 0.1) is 30.0 Å². The van der Waals surface area contributed by atoms with Crippen LogP contribution in [0.3, 0.4) is 0 Å². The number of benzene rings is 9. The molecule has 4 aliphatic carbocycles. The molecule has 1 fully saturated rings. The molecule has 2 unspecified atom stereocenters. The number of hydrogen-bond donors (Lipinski definition) is 0. The SMILES string of the molecule is [Ir+3].[c-]1ccccc1-c1ccc(-c2ccccc2-c2cc(-c3ccccc3-c3ccc(-c4[c-]cccc4)nc3)cc(-c3ccccc3-c3cnc(-c4[c-]cc5c(c4)C4C=CC6C(C=C4)C56)cc3-c3ccc(-c4ccccc4)cc3)c2)cn1. The van der Waals surface area contributed by atoms with E-state index in [1.807, 2.05) is 48.8 Å². The van der Waals surface area contributed by atoms with Crippen LogP contribution in [0.4, 0.5) is 0 Å². The molecule has 81 heavy (non-hydrogen) atoms.